The van der Waals surface area contributed by atoms with Crippen molar-refractivity contribution in [1.82, 2.24) is 29.3 Å². The number of hydrogen-bond acceptors (Lipinski definition) is 8. The van der Waals surface area contributed by atoms with E-state index in [0.29, 0.717) is 30.1 Å². The number of halogens is 1. The van der Waals surface area contributed by atoms with Gasteiger partial charge in [0.2, 0.25) is 11.8 Å². The second kappa shape index (κ2) is 7.02. The Bertz CT molecular complexity index is 1280. The zero-order valence-electron chi connectivity index (χ0n) is 16.0. The molecular weight excluding hydrogens is 393 g/mol. The number of rotatable bonds is 4. The lowest BCUT2D eigenvalue weighted by Gasteiger charge is -2.08. The van der Waals surface area contributed by atoms with E-state index in [0.717, 1.165) is 5.56 Å². The van der Waals surface area contributed by atoms with E-state index in [1.807, 2.05) is 0 Å². The largest absolute Gasteiger partial charge is 0.373 e. The van der Waals surface area contributed by atoms with Crippen LogP contribution in [0.2, 0.25) is 0 Å². The standard InChI is InChI=1S/C19H18FN7O3/c1-10-16-18(28)26(9-22-27(16)19(21)23-10)7-15-24-17(25-30-15)12-6-14(29-8-12)11-2-4-13(20)5-3-11/h2-5,9,12,14H,6-8H2,1H3,(H2,21,23)/t12-,14+/m0/s1. The Morgan fingerprint density at radius 3 is 2.87 bits per heavy atom. The van der Waals surface area contributed by atoms with Crippen LogP contribution in [0, 0.1) is 12.7 Å². The number of imidazole rings is 1. The highest BCUT2D eigenvalue weighted by Crippen LogP contribution is 2.37. The van der Waals surface area contributed by atoms with Crippen LogP contribution in [0.3, 0.4) is 0 Å². The quantitative estimate of drug-likeness (QED) is 0.537. The topological polar surface area (TPSA) is 126 Å². The van der Waals surface area contributed by atoms with E-state index in [1.165, 1.54) is 27.5 Å². The van der Waals surface area contributed by atoms with Crippen LogP contribution in [0.25, 0.3) is 5.52 Å². The van der Waals surface area contributed by atoms with Crippen LogP contribution in [0.1, 0.15) is 41.4 Å². The molecule has 0 saturated carbocycles. The van der Waals surface area contributed by atoms with Gasteiger partial charge in [-0.15, -0.1) is 0 Å². The predicted octanol–water partition coefficient (Wildman–Crippen LogP) is 1.60. The van der Waals surface area contributed by atoms with Crippen molar-refractivity contribution in [3.63, 3.8) is 0 Å². The van der Waals surface area contributed by atoms with Crippen LogP contribution in [0.15, 0.2) is 39.9 Å². The third-order valence-corrected chi connectivity index (χ3v) is 5.22. The van der Waals surface area contributed by atoms with Crippen molar-refractivity contribution in [2.45, 2.75) is 31.9 Å². The molecule has 1 aliphatic heterocycles. The number of anilines is 1. The van der Waals surface area contributed by atoms with Crippen molar-refractivity contribution in [2.75, 3.05) is 12.3 Å². The van der Waals surface area contributed by atoms with Gasteiger partial charge in [0.1, 0.15) is 18.7 Å². The summed E-state index contributed by atoms with van der Waals surface area (Å²) in [5.74, 6) is 0.624. The second-order valence-corrected chi connectivity index (χ2v) is 7.23. The highest BCUT2D eigenvalue weighted by Gasteiger charge is 2.31. The van der Waals surface area contributed by atoms with Crippen molar-refractivity contribution < 1.29 is 13.7 Å². The summed E-state index contributed by atoms with van der Waals surface area (Å²) < 4.78 is 27.0. The van der Waals surface area contributed by atoms with Gasteiger partial charge in [-0.1, -0.05) is 17.3 Å². The fourth-order valence-corrected chi connectivity index (χ4v) is 3.68. The number of aryl methyl sites for hydroxylation is 1. The highest BCUT2D eigenvalue weighted by atomic mass is 19.1. The highest BCUT2D eigenvalue weighted by molar-refractivity contribution is 5.53. The molecule has 10 nitrogen and oxygen atoms in total. The minimum atomic E-state index is -0.299. The first-order valence-corrected chi connectivity index (χ1v) is 9.39. The van der Waals surface area contributed by atoms with Gasteiger partial charge in [0.05, 0.1) is 18.4 Å². The van der Waals surface area contributed by atoms with Gasteiger partial charge >= 0.3 is 0 Å². The molecule has 11 heteroatoms. The summed E-state index contributed by atoms with van der Waals surface area (Å²) in [5, 5.41) is 8.20. The molecule has 154 valence electrons. The number of aromatic nitrogens is 6. The Hall–Kier alpha value is -3.60. The molecule has 4 aromatic rings. The van der Waals surface area contributed by atoms with Crippen LogP contribution in [0.5, 0.6) is 0 Å². The van der Waals surface area contributed by atoms with Crippen LogP contribution >= 0.6 is 0 Å². The number of fused-ring (bicyclic) bond motifs is 1. The lowest BCUT2D eigenvalue weighted by molar-refractivity contribution is 0.110. The van der Waals surface area contributed by atoms with Gasteiger partial charge in [0.15, 0.2) is 11.3 Å². The lowest BCUT2D eigenvalue weighted by atomic mass is 10.00. The zero-order chi connectivity index (χ0) is 20.8. The Morgan fingerprint density at radius 1 is 1.27 bits per heavy atom. The molecular formula is C19H18FN7O3. The minimum absolute atomic E-state index is 0.0493. The summed E-state index contributed by atoms with van der Waals surface area (Å²) in [5.41, 5.74) is 7.17. The van der Waals surface area contributed by atoms with E-state index in [1.54, 1.807) is 19.1 Å². The molecule has 0 unspecified atom stereocenters. The van der Waals surface area contributed by atoms with Gasteiger partial charge in [-0.25, -0.2) is 9.37 Å². The second-order valence-electron chi connectivity index (χ2n) is 7.23. The zero-order valence-corrected chi connectivity index (χ0v) is 16.0. The minimum Gasteiger partial charge on any atom is -0.373 e. The third-order valence-electron chi connectivity index (χ3n) is 5.22. The molecule has 1 fully saturated rings. The van der Waals surface area contributed by atoms with Crippen molar-refractivity contribution >= 4 is 11.5 Å². The summed E-state index contributed by atoms with van der Waals surface area (Å²) in [7, 11) is 0. The molecule has 0 radical (unpaired) electrons. The summed E-state index contributed by atoms with van der Waals surface area (Å²) in [6.07, 6.45) is 1.87. The lowest BCUT2D eigenvalue weighted by Crippen LogP contribution is -2.24. The Labute approximate surface area is 169 Å². The molecule has 30 heavy (non-hydrogen) atoms. The Kier molecular flexibility index (Phi) is 4.31. The predicted molar refractivity (Wildman–Crippen MR) is 102 cm³/mol. The van der Waals surface area contributed by atoms with E-state index < -0.39 is 0 Å². The number of nitrogen functional groups attached to an aromatic ring is 1. The van der Waals surface area contributed by atoms with Crippen molar-refractivity contribution in [3.8, 4) is 0 Å². The van der Waals surface area contributed by atoms with Gasteiger partial charge in [0, 0.05) is 5.92 Å². The van der Waals surface area contributed by atoms with Gasteiger partial charge in [-0.2, -0.15) is 14.6 Å². The number of nitrogens with zero attached hydrogens (tertiary/aromatic N) is 6. The molecule has 4 heterocycles. The van der Waals surface area contributed by atoms with Gasteiger partial charge in [-0.3, -0.25) is 9.36 Å². The number of nitrogens with two attached hydrogens (primary N) is 1. The summed E-state index contributed by atoms with van der Waals surface area (Å²) in [6, 6.07) is 6.25. The molecule has 1 saturated heterocycles. The first-order valence-electron chi connectivity index (χ1n) is 9.39. The van der Waals surface area contributed by atoms with Gasteiger partial charge < -0.3 is 15.0 Å². The average Bonchev–Trinajstić information content (AvgIpc) is 3.44. The van der Waals surface area contributed by atoms with E-state index in [9.17, 15) is 9.18 Å². The van der Waals surface area contributed by atoms with Crippen molar-refractivity contribution in [1.29, 1.82) is 0 Å². The molecule has 5 rings (SSSR count). The van der Waals surface area contributed by atoms with Gasteiger partial charge in [0.25, 0.3) is 5.56 Å². The molecule has 0 bridgehead atoms. The summed E-state index contributed by atoms with van der Waals surface area (Å²) in [6.45, 7) is 2.21. The maximum absolute atomic E-state index is 13.1. The molecule has 2 N–H and O–H groups in total. The van der Waals surface area contributed by atoms with Crippen LogP contribution in [-0.2, 0) is 11.3 Å². The normalized spacial score (nSPS) is 19.0. The molecule has 0 spiro atoms. The average molecular weight is 411 g/mol. The molecule has 2 atom stereocenters. The maximum atomic E-state index is 13.1. The smallest absolute Gasteiger partial charge is 0.280 e. The van der Waals surface area contributed by atoms with Crippen LogP contribution < -0.4 is 11.3 Å². The summed E-state index contributed by atoms with van der Waals surface area (Å²) in [4.78, 5) is 21.2. The van der Waals surface area contributed by atoms with E-state index in [-0.39, 0.29) is 41.8 Å². The SMILES string of the molecule is Cc1nc(N)n2ncn(Cc3nc([C@@H]4CO[C@@H](c5ccc(F)cc5)C4)no3)c(=O)c12. The summed E-state index contributed by atoms with van der Waals surface area (Å²) >= 11 is 0. The Morgan fingerprint density at radius 2 is 2.07 bits per heavy atom. The fraction of sp³-hybridized carbons (Fsp3) is 0.316. The van der Waals surface area contributed by atoms with Crippen LogP contribution in [-0.4, -0.2) is 35.9 Å². The van der Waals surface area contributed by atoms with Crippen LogP contribution in [0.4, 0.5) is 10.3 Å². The Balaban J connectivity index is 1.33. The number of benzene rings is 1. The maximum Gasteiger partial charge on any atom is 0.280 e. The monoisotopic (exact) mass is 411 g/mol. The van der Waals surface area contributed by atoms with E-state index in [2.05, 4.69) is 20.2 Å². The van der Waals surface area contributed by atoms with Crippen molar-refractivity contribution in [2.24, 2.45) is 0 Å². The van der Waals surface area contributed by atoms with E-state index >= 15 is 0 Å². The molecule has 1 aromatic carbocycles. The van der Waals surface area contributed by atoms with Crippen molar-refractivity contribution in [3.05, 3.63) is 69.7 Å². The molecule has 0 aliphatic carbocycles. The molecule has 1 aliphatic rings. The molecule has 0 amide bonds. The number of ether oxygens (including phenoxy) is 1. The van der Waals surface area contributed by atoms with E-state index in [4.69, 9.17) is 15.0 Å². The fourth-order valence-electron chi connectivity index (χ4n) is 3.68. The van der Waals surface area contributed by atoms with Gasteiger partial charge in [-0.05, 0) is 31.0 Å². The molecule has 3 aromatic heterocycles. The number of hydrogen-bond donors (Lipinski definition) is 1. The first-order chi connectivity index (χ1) is 14.5. The first kappa shape index (κ1) is 18.4. The third kappa shape index (κ3) is 3.12.